The zero-order valence-electron chi connectivity index (χ0n) is 9.49. The first-order valence-corrected chi connectivity index (χ1v) is 5.44. The van der Waals surface area contributed by atoms with Crippen LogP contribution in [0.1, 0.15) is 26.2 Å². The van der Waals surface area contributed by atoms with E-state index in [9.17, 15) is 4.79 Å². The second kappa shape index (κ2) is 5.58. The smallest absolute Gasteiger partial charge is 0.222 e. The first kappa shape index (κ1) is 11.8. The van der Waals surface area contributed by atoms with Gasteiger partial charge in [-0.1, -0.05) is 6.92 Å². The molecule has 5 heteroatoms. The molecule has 0 aromatic rings. The van der Waals surface area contributed by atoms with Gasteiger partial charge in [0, 0.05) is 32.6 Å². The van der Waals surface area contributed by atoms with Crippen molar-refractivity contribution >= 4 is 11.9 Å². The van der Waals surface area contributed by atoms with Gasteiger partial charge in [-0.25, -0.2) is 0 Å². The Morgan fingerprint density at radius 2 is 2.47 bits per heavy atom. The number of guanidine groups is 1. The van der Waals surface area contributed by atoms with Crippen molar-refractivity contribution in [3.8, 4) is 0 Å². The number of likely N-dealkylation sites (N-methyl/N-ethyl adjacent to an activating group) is 1. The summed E-state index contributed by atoms with van der Waals surface area (Å²) in [6.07, 6.45) is 2.42. The highest BCUT2D eigenvalue weighted by molar-refractivity contribution is 5.79. The van der Waals surface area contributed by atoms with Gasteiger partial charge < -0.3 is 16.0 Å². The second-order valence-corrected chi connectivity index (χ2v) is 3.92. The molecule has 1 atom stereocenters. The molecule has 1 rings (SSSR count). The number of aliphatic imine (C=N–C) groups is 1. The summed E-state index contributed by atoms with van der Waals surface area (Å²) in [5, 5.41) is 3.14. The summed E-state index contributed by atoms with van der Waals surface area (Å²) in [7, 11) is 1.82. The number of amides is 1. The summed E-state index contributed by atoms with van der Waals surface area (Å²) < 4.78 is 0. The van der Waals surface area contributed by atoms with Crippen molar-refractivity contribution in [1.82, 2.24) is 10.2 Å². The van der Waals surface area contributed by atoms with Gasteiger partial charge in [-0.2, -0.15) is 0 Å². The zero-order chi connectivity index (χ0) is 11.3. The fourth-order valence-corrected chi connectivity index (χ4v) is 1.62. The van der Waals surface area contributed by atoms with E-state index < -0.39 is 0 Å². The van der Waals surface area contributed by atoms with Gasteiger partial charge in [0.05, 0.1) is 0 Å². The summed E-state index contributed by atoms with van der Waals surface area (Å²) in [6, 6.07) is 0.244. The molecule has 1 aliphatic heterocycles. The minimum atomic E-state index is 0.206. The lowest BCUT2D eigenvalue weighted by atomic mass is 10.1. The van der Waals surface area contributed by atoms with E-state index in [-0.39, 0.29) is 11.9 Å². The quantitative estimate of drug-likeness (QED) is 0.508. The fourth-order valence-electron chi connectivity index (χ4n) is 1.62. The standard InChI is InChI=1S/C10H20N4O/c1-3-6-12-10(11)13-8-4-5-9(15)14(2)7-8/h8H,3-7H2,1-2H3,(H3,11,12,13). The fraction of sp³-hybridized carbons (Fsp3) is 0.800. The summed E-state index contributed by atoms with van der Waals surface area (Å²) in [5.74, 6) is 0.696. The molecule has 0 aromatic heterocycles. The molecule has 0 aromatic carbocycles. The third kappa shape index (κ3) is 3.77. The normalized spacial score (nSPS) is 23.1. The van der Waals surface area contributed by atoms with E-state index in [0.717, 1.165) is 19.4 Å². The van der Waals surface area contributed by atoms with E-state index in [1.165, 1.54) is 0 Å². The van der Waals surface area contributed by atoms with Crippen LogP contribution in [0.25, 0.3) is 0 Å². The number of carbonyl (C=O) groups is 1. The molecular formula is C10H20N4O. The Bertz CT molecular complexity index is 252. The third-order valence-corrected chi connectivity index (χ3v) is 2.48. The first-order chi connectivity index (χ1) is 7.13. The summed E-state index contributed by atoms with van der Waals surface area (Å²) >= 11 is 0. The highest BCUT2D eigenvalue weighted by Gasteiger charge is 2.22. The molecule has 0 spiro atoms. The van der Waals surface area contributed by atoms with Crippen molar-refractivity contribution in [2.75, 3.05) is 20.1 Å². The van der Waals surface area contributed by atoms with Crippen LogP contribution in [0, 0.1) is 0 Å². The van der Waals surface area contributed by atoms with E-state index in [4.69, 9.17) is 5.73 Å². The van der Waals surface area contributed by atoms with Gasteiger partial charge in [-0.15, -0.1) is 0 Å². The molecule has 86 valence electrons. The van der Waals surface area contributed by atoms with Crippen LogP contribution < -0.4 is 11.1 Å². The maximum absolute atomic E-state index is 11.2. The maximum atomic E-state index is 11.2. The topological polar surface area (TPSA) is 70.7 Å². The van der Waals surface area contributed by atoms with Crippen LogP contribution in [0.2, 0.25) is 0 Å². The molecule has 0 aliphatic carbocycles. The predicted molar refractivity (Wildman–Crippen MR) is 60.6 cm³/mol. The Morgan fingerprint density at radius 1 is 1.73 bits per heavy atom. The van der Waals surface area contributed by atoms with E-state index in [2.05, 4.69) is 17.2 Å². The number of nitrogens with zero attached hydrogens (tertiary/aromatic N) is 2. The van der Waals surface area contributed by atoms with Crippen molar-refractivity contribution in [1.29, 1.82) is 0 Å². The Hall–Kier alpha value is -1.26. The van der Waals surface area contributed by atoms with Gasteiger partial charge >= 0.3 is 0 Å². The summed E-state index contributed by atoms with van der Waals surface area (Å²) in [5.41, 5.74) is 5.71. The number of nitrogens with one attached hydrogen (secondary N) is 1. The highest BCUT2D eigenvalue weighted by atomic mass is 16.2. The average Bonchev–Trinajstić information content (AvgIpc) is 2.20. The number of hydrogen-bond acceptors (Lipinski definition) is 2. The third-order valence-electron chi connectivity index (χ3n) is 2.48. The lowest BCUT2D eigenvalue weighted by Gasteiger charge is -2.30. The van der Waals surface area contributed by atoms with Crippen molar-refractivity contribution in [2.45, 2.75) is 32.2 Å². The van der Waals surface area contributed by atoms with Crippen LogP contribution >= 0.6 is 0 Å². The van der Waals surface area contributed by atoms with Crippen molar-refractivity contribution in [2.24, 2.45) is 10.7 Å². The van der Waals surface area contributed by atoms with Gasteiger partial charge in [0.15, 0.2) is 5.96 Å². The molecule has 15 heavy (non-hydrogen) atoms. The van der Waals surface area contributed by atoms with E-state index >= 15 is 0 Å². The second-order valence-electron chi connectivity index (χ2n) is 3.92. The number of rotatable bonds is 3. The van der Waals surface area contributed by atoms with Crippen LogP contribution in [-0.4, -0.2) is 42.9 Å². The summed E-state index contributed by atoms with van der Waals surface area (Å²) in [4.78, 5) is 17.1. The molecule has 1 heterocycles. The van der Waals surface area contributed by atoms with Gasteiger partial charge in [0.25, 0.3) is 0 Å². The Labute approximate surface area is 90.7 Å². The minimum Gasteiger partial charge on any atom is -0.370 e. The molecule has 5 nitrogen and oxygen atoms in total. The molecule has 1 aliphatic rings. The van der Waals surface area contributed by atoms with Crippen LogP contribution in [0.4, 0.5) is 0 Å². The number of carbonyl (C=O) groups excluding carboxylic acids is 1. The lowest BCUT2D eigenvalue weighted by molar-refractivity contribution is -0.132. The van der Waals surface area contributed by atoms with E-state index in [1.807, 2.05) is 7.05 Å². The van der Waals surface area contributed by atoms with Gasteiger partial charge in [-0.05, 0) is 12.8 Å². The maximum Gasteiger partial charge on any atom is 0.222 e. The Balaban J connectivity index is 2.36. The molecule has 1 unspecified atom stereocenters. The van der Waals surface area contributed by atoms with Crippen LogP contribution in [0.5, 0.6) is 0 Å². The van der Waals surface area contributed by atoms with E-state index in [1.54, 1.807) is 4.90 Å². The SMILES string of the molecule is CCCN=C(N)NC1CCC(=O)N(C)C1. The Kier molecular flexibility index (Phi) is 4.39. The van der Waals surface area contributed by atoms with Gasteiger partial charge in [0.1, 0.15) is 0 Å². The summed E-state index contributed by atoms with van der Waals surface area (Å²) in [6.45, 7) is 3.52. The zero-order valence-corrected chi connectivity index (χ0v) is 9.49. The lowest BCUT2D eigenvalue weighted by Crippen LogP contribution is -2.50. The van der Waals surface area contributed by atoms with Crippen LogP contribution in [0.15, 0.2) is 4.99 Å². The molecule has 3 N–H and O–H groups in total. The number of piperidine rings is 1. The highest BCUT2D eigenvalue weighted by Crippen LogP contribution is 2.08. The monoisotopic (exact) mass is 212 g/mol. The van der Waals surface area contributed by atoms with Crippen molar-refractivity contribution < 1.29 is 4.79 Å². The molecule has 0 radical (unpaired) electrons. The molecule has 0 saturated carbocycles. The van der Waals surface area contributed by atoms with Gasteiger partial charge in [-0.3, -0.25) is 9.79 Å². The number of likely N-dealkylation sites (tertiary alicyclic amines) is 1. The van der Waals surface area contributed by atoms with E-state index in [0.29, 0.717) is 18.9 Å². The predicted octanol–water partition coefficient (Wildman–Crippen LogP) is -0.0785. The number of hydrogen-bond donors (Lipinski definition) is 2. The van der Waals surface area contributed by atoms with Crippen molar-refractivity contribution in [3.63, 3.8) is 0 Å². The molecule has 1 amide bonds. The van der Waals surface area contributed by atoms with Crippen molar-refractivity contribution in [3.05, 3.63) is 0 Å². The molecule has 0 bridgehead atoms. The largest absolute Gasteiger partial charge is 0.370 e. The van der Waals surface area contributed by atoms with Crippen LogP contribution in [0.3, 0.4) is 0 Å². The number of nitrogens with two attached hydrogens (primary N) is 1. The molecule has 1 saturated heterocycles. The first-order valence-electron chi connectivity index (χ1n) is 5.44. The van der Waals surface area contributed by atoms with Crippen LogP contribution in [-0.2, 0) is 4.79 Å². The Morgan fingerprint density at radius 3 is 3.07 bits per heavy atom. The van der Waals surface area contributed by atoms with Gasteiger partial charge in [0.2, 0.25) is 5.91 Å². The average molecular weight is 212 g/mol. The minimum absolute atomic E-state index is 0.206. The molecular weight excluding hydrogens is 192 g/mol. The molecule has 1 fully saturated rings.